The largest absolute Gasteiger partial charge is 0.494 e. The van der Waals surface area contributed by atoms with Gasteiger partial charge in [-0.15, -0.1) is 0 Å². The summed E-state index contributed by atoms with van der Waals surface area (Å²) in [6.45, 7) is 12.9. The first-order valence-electron chi connectivity index (χ1n) is 10.9. The van der Waals surface area contributed by atoms with E-state index < -0.39 is 5.60 Å². The second kappa shape index (κ2) is 11.4. The van der Waals surface area contributed by atoms with E-state index in [4.69, 9.17) is 9.47 Å². The average Bonchev–Trinajstić information content (AvgIpc) is 2.67. The van der Waals surface area contributed by atoms with Crippen molar-refractivity contribution in [2.45, 2.75) is 65.4 Å². The van der Waals surface area contributed by atoms with Crippen LogP contribution in [-0.2, 0) is 9.53 Å². The lowest BCUT2D eigenvalue weighted by Crippen LogP contribution is -2.42. The van der Waals surface area contributed by atoms with E-state index in [-0.39, 0.29) is 5.91 Å². The molecule has 1 heterocycles. The van der Waals surface area contributed by atoms with Crippen molar-refractivity contribution in [2.24, 2.45) is 5.92 Å². The van der Waals surface area contributed by atoms with Gasteiger partial charge in [-0.2, -0.15) is 0 Å². The maximum Gasteiger partial charge on any atom is 0.256 e. The molecule has 1 saturated heterocycles. The summed E-state index contributed by atoms with van der Waals surface area (Å²) in [7, 11) is 0. The lowest BCUT2D eigenvalue weighted by Gasteiger charge is -2.30. The summed E-state index contributed by atoms with van der Waals surface area (Å²) in [6.07, 6.45) is 5.31. The highest BCUT2D eigenvalue weighted by molar-refractivity contribution is 5.97. The molecule has 1 aliphatic rings. The molecule has 1 fully saturated rings. The number of anilines is 1. The zero-order chi connectivity index (χ0) is 20.4. The van der Waals surface area contributed by atoms with Crippen LogP contribution in [0.25, 0.3) is 0 Å². The first kappa shape index (κ1) is 22.7. The monoisotopic (exact) mass is 390 g/mol. The fraction of sp³-hybridized carbons (Fsp3) is 0.696. The molecule has 5 heteroatoms. The number of likely N-dealkylation sites (tertiary alicyclic amines) is 1. The Labute approximate surface area is 170 Å². The van der Waals surface area contributed by atoms with Crippen LogP contribution in [0.2, 0.25) is 0 Å². The predicted molar refractivity (Wildman–Crippen MR) is 115 cm³/mol. The second-order valence-corrected chi connectivity index (χ2v) is 8.14. The van der Waals surface area contributed by atoms with Gasteiger partial charge in [-0.05, 0) is 76.3 Å². The van der Waals surface area contributed by atoms with Gasteiger partial charge in [0.25, 0.3) is 5.91 Å². The summed E-state index contributed by atoms with van der Waals surface area (Å²) in [6, 6.07) is 7.60. The second-order valence-electron chi connectivity index (χ2n) is 8.14. The van der Waals surface area contributed by atoms with E-state index >= 15 is 0 Å². The summed E-state index contributed by atoms with van der Waals surface area (Å²) >= 11 is 0. The van der Waals surface area contributed by atoms with E-state index in [0.29, 0.717) is 13.0 Å². The van der Waals surface area contributed by atoms with E-state index in [1.807, 2.05) is 38.1 Å². The Hall–Kier alpha value is -1.59. The van der Waals surface area contributed by atoms with Gasteiger partial charge in [-0.25, -0.2) is 0 Å². The molecule has 0 bridgehead atoms. The van der Waals surface area contributed by atoms with Crippen LogP contribution in [0.1, 0.15) is 59.8 Å². The van der Waals surface area contributed by atoms with Crippen molar-refractivity contribution in [3.8, 4) is 5.75 Å². The molecule has 1 aromatic carbocycles. The molecule has 2 rings (SSSR count). The molecular formula is C23H38N2O3. The fourth-order valence-electron chi connectivity index (χ4n) is 3.91. The van der Waals surface area contributed by atoms with Crippen molar-refractivity contribution in [3.63, 3.8) is 0 Å². The van der Waals surface area contributed by atoms with Crippen molar-refractivity contribution in [3.05, 3.63) is 24.3 Å². The van der Waals surface area contributed by atoms with Crippen LogP contribution in [0.5, 0.6) is 5.75 Å². The molecule has 0 unspecified atom stereocenters. The van der Waals surface area contributed by atoms with Crippen LogP contribution in [0, 0.1) is 5.92 Å². The van der Waals surface area contributed by atoms with Gasteiger partial charge in [0.2, 0.25) is 0 Å². The third-order valence-corrected chi connectivity index (χ3v) is 5.41. The number of piperidine rings is 1. The first-order chi connectivity index (χ1) is 13.5. The van der Waals surface area contributed by atoms with Gasteiger partial charge < -0.3 is 19.7 Å². The predicted octanol–water partition coefficient (Wildman–Crippen LogP) is 4.72. The quantitative estimate of drug-likeness (QED) is 0.556. The van der Waals surface area contributed by atoms with Crippen LogP contribution in [0.4, 0.5) is 5.69 Å². The Morgan fingerprint density at radius 3 is 2.68 bits per heavy atom. The highest BCUT2D eigenvalue weighted by atomic mass is 16.5. The molecule has 28 heavy (non-hydrogen) atoms. The lowest BCUT2D eigenvalue weighted by molar-refractivity contribution is -0.139. The maximum absolute atomic E-state index is 12.6. The number of carbonyl (C=O) groups is 1. The van der Waals surface area contributed by atoms with E-state index in [0.717, 1.165) is 43.3 Å². The minimum atomic E-state index is -0.787. The van der Waals surface area contributed by atoms with Crippen molar-refractivity contribution >= 4 is 11.6 Å². The summed E-state index contributed by atoms with van der Waals surface area (Å²) in [4.78, 5) is 15.2. The molecular weight excluding hydrogens is 352 g/mol. The number of rotatable bonds is 11. The molecule has 0 radical (unpaired) electrons. The highest BCUT2D eigenvalue weighted by Gasteiger charge is 2.32. The number of ether oxygens (including phenoxy) is 2. The molecule has 0 spiro atoms. The lowest BCUT2D eigenvalue weighted by atomic mass is 9.99. The molecule has 1 N–H and O–H groups in total. The number of hydrogen-bond acceptors (Lipinski definition) is 4. The minimum Gasteiger partial charge on any atom is -0.494 e. The third kappa shape index (κ3) is 7.10. The van der Waals surface area contributed by atoms with Crippen molar-refractivity contribution in [1.82, 2.24) is 4.90 Å². The maximum atomic E-state index is 12.6. The molecule has 0 saturated carbocycles. The average molecular weight is 391 g/mol. The van der Waals surface area contributed by atoms with Crippen molar-refractivity contribution in [2.75, 3.05) is 38.2 Å². The molecule has 5 nitrogen and oxygen atoms in total. The van der Waals surface area contributed by atoms with E-state index in [9.17, 15) is 4.79 Å². The Bertz CT molecular complexity index is 582. The number of benzene rings is 1. The molecule has 1 amide bonds. The number of hydrogen-bond donors (Lipinski definition) is 1. The normalized spacial score (nSPS) is 19.8. The molecule has 0 aromatic heterocycles. The minimum absolute atomic E-state index is 0.0966. The molecule has 0 aliphatic carbocycles. The van der Waals surface area contributed by atoms with Crippen LogP contribution in [0.3, 0.4) is 0 Å². The van der Waals surface area contributed by atoms with Gasteiger partial charge in [-0.3, -0.25) is 4.79 Å². The standard InChI is InChI=1S/C23H38N2O3/c1-5-14-23(4,28-6-2)22(26)24-20-10-12-21(13-11-20)27-17-8-16-25-15-7-9-19(3)18-25/h10-13,19H,5-9,14-18H2,1-4H3,(H,24,26)/t19-,23-/m0/s1. The van der Waals surface area contributed by atoms with Crippen LogP contribution < -0.4 is 10.1 Å². The van der Waals surface area contributed by atoms with Gasteiger partial charge in [-0.1, -0.05) is 20.3 Å². The molecule has 1 aromatic rings. The first-order valence-corrected chi connectivity index (χ1v) is 10.9. The summed E-state index contributed by atoms with van der Waals surface area (Å²) in [5.74, 6) is 1.56. The highest BCUT2D eigenvalue weighted by Crippen LogP contribution is 2.22. The van der Waals surface area contributed by atoms with E-state index in [2.05, 4.69) is 24.1 Å². The van der Waals surface area contributed by atoms with E-state index in [1.54, 1.807) is 0 Å². The third-order valence-electron chi connectivity index (χ3n) is 5.41. The Morgan fingerprint density at radius 2 is 2.04 bits per heavy atom. The Balaban J connectivity index is 1.75. The molecule has 1 aliphatic heterocycles. The Morgan fingerprint density at radius 1 is 1.29 bits per heavy atom. The zero-order valence-corrected chi connectivity index (χ0v) is 18.1. The number of nitrogens with one attached hydrogen (secondary N) is 1. The summed E-state index contributed by atoms with van der Waals surface area (Å²) in [5, 5.41) is 2.97. The van der Waals surface area contributed by atoms with Crippen LogP contribution in [0.15, 0.2) is 24.3 Å². The number of carbonyl (C=O) groups excluding carboxylic acids is 1. The molecule has 158 valence electrons. The number of nitrogens with zero attached hydrogens (tertiary/aromatic N) is 1. The van der Waals surface area contributed by atoms with Crippen LogP contribution in [-0.4, -0.2) is 49.3 Å². The zero-order valence-electron chi connectivity index (χ0n) is 18.1. The van der Waals surface area contributed by atoms with E-state index in [1.165, 1.54) is 25.9 Å². The fourth-order valence-corrected chi connectivity index (χ4v) is 3.91. The SMILES string of the molecule is CCC[C@](C)(OCC)C(=O)Nc1ccc(OCCCN2CCC[C@H](C)C2)cc1. The smallest absolute Gasteiger partial charge is 0.256 e. The number of amides is 1. The van der Waals surface area contributed by atoms with Crippen molar-refractivity contribution < 1.29 is 14.3 Å². The van der Waals surface area contributed by atoms with Gasteiger partial charge in [0.1, 0.15) is 11.4 Å². The summed E-state index contributed by atoms with van der Waals surface area (Å²) < 4.78 is 11.6. The van der Waals surface area contributed by atoms with Gasteiger partial charge in [0.05, 0.1) is 6.61 Å². The molecule has 2 atom stereocenters. The summed E-state index contributed by atoms with van der Waals surface area (Å²) in [5.41, 5.74) is -0.0216. The Kier molecular flexibility index (Phi) is 9.26. The van der Waals surface area contributed by atoms with Crippen molar-refractivity contribution in [1.29, 1.82) is 0 Å². The van der Waals surface area contributed by atoms with Gasteiger partial charge >= 0.3 is 0 Å². The van der Waals surface area contributed by atoms with Crippen LogP contribution >= 0.6 is 0 Å². The topological polar surface area (TPSA) is 50.8 Å². The van der Waals surface area contributed by atoms with Gasteiger partial charge in [0.15, 0.2) is 0 Å². The van der Waals surface area contributed by atoms with Gasteiger partial charge in [0, 0.05) is 25.4 Å².